The van der Waals surface area contributed by atoms with Crippen LogP contribution < -0.4 is 5.56 Å². The summed E-state index contributed by atoms with van der Waals surface area (Å²) in [5, 5.41) is 4.26. The first kappa shape index (κ1) is 11.2. The number of nitrogens with one attached hydrogen (secondary N) is 1. The zero-order chi connectivity index (χ0) is 12.5. The summed E-state index contributed by atoms with van der Waals surface area (Å²) in [5.74, 6) is 1.11. The molecule has 1 saturated carbocycles. The molecule has 0 atom stereocenters. The van der Waals surface area contributed by atoms with Crippen molar-refractivity contribution in [2.45, 2.75) is 38.6 Å². The Morgan fingerprint density at radius 3 is 3.06 bits per heavy atom. The minimum absolute atomic E-state index is 0.0776. The first-order valence-electron chi connectivity index (χ1n) is 6.41. The van der Waals surface area contributed by atoms with Crippen LogP contribution >= 0.6 is 0 Å². The molecule has 1 aliphatic rings. The highest BCUT2D eigenvalue weighted by molar-refractivity contribution is 5.49. The summed E-state index contributed by atoms with van der Waals surface area (Å²) >= 11 is 0. The van der Waals surface area contributed by atoms with Gasteiger partial charge in [0.25, 0.3) is 5.56 Å². The van der Waals surface area contributed by atoms with Crippen LogP contribution in [0.5, 0.6) is 0 Å². The quantitative estimate of drug-likeness (QED) is 0.893. The topological polar surface area (TPSA) is 63.6 Å². The standard InChI is InChI=1S/C13H16N4O/c1-2-7-17-11(5-6-14-17)13-15-10(9-3-4-9)8-12(18)16-13/h5-6,8-9H,2-4,7H2,1H3,(H,15,16,18). The Balaban J connectivity index is 2.04. The maximum Gasteiger partial charge on any atom is 0.251 e. The van der Waals surface area contributed by atoms with Gasteiger partial charge in [-0.1, -0.05) is 6.92 Å². The van der Waals surface area contributed by atoms with E-state index in [4.69, 9.17) is 0 Å². The molecule has 1 fully saturated rings. The molecule has 0 spiro atoms. The Morgan fingerprint density at radius 2 is 2.33 bits per heavy atom. The third kappa shape index (κ3) is 2.08. The van der Waals surface area contributed by atoms with Gasteiger partial charge in [-0.05, 0) is 25.3 Å². The van der Waals surface area contributed by atoms with Gasteiger partial charge in [0.15, 0.2) is 5.82 Å². The molecule has 0 unspecified atom stereocenters. The van der Waals surface area contributed by atoms with Gasteiger partial charge < -0.3 is 4.98 Å². The van der Waals surface area contributed by atoms with E-state index < -0.39 is 0 Å². The third-order valence-electron chi connectivity index (χ3n) is 3.15. The Labute approximate surface area is 105 Å². The second kappa shape index (κ2) is 4.40. The molecule has 2 aromatic rings. The van der Waals surface area contributed by atoms with E-state index in [9.17, 15) is 4.79 Å². The summed E-state index contributed by atoms with van der Waals surface area (Å²) in [4.78, 5) is 19.1. The van der Waals surface area contributed by atoms with Crippen LogP contribution in [-0.2, 0) is 6.54 Å². The zero-order valence-electron chi connectivity index (χ0n) is 10.4. The molecule has 1 aliphatic carbocycles. The Hall–Kier alpha value is -1.91. The number of aryl methyl sites for hydroxylation is 1. The van der Waals surface area contributed by atoms with Crippen LogP contribution in [0.15, 0.2) is 23.1 Å². The van der Waals surface area contributed by atoms with Crippen LogP contribution in [0.2, 0.25) is 0 Å². The maximum atomic E-state index is 11.7. The van der Waals surface area contributed by atoms with E-state index in [1.165, 1.54) is 0 Å². The minimum Gasteiger partial charge on any atom is -0.305 e. The van der Waals surface area contributed by atoms with Crippen molar-refractivity contribution in [3.8, 4) is 11.5 Å². The normalized spacial score (nSPS) is 14.9. The van der Waals surface area contributed by atoms with Crippen molar-refractivity contribution < 1.29 is 0 Å². The number of hydrogen-bond acceptors (Lipinski definition) is 3. The van der Waals surface area contributed by atoms with E-state index in [0.29, 0.717) is 11.7 Å². The molecule has 94 valence electrons. The molecule has 18 heavy (non-hydrogen) atoms. The van der Waals surface area contributed by atoms with Gasteiger partial charge in [0.05, 0.1) is 5.69 Å². The van der Waals surface area contributed by atoms with Crippen LogP contribution in [0.25, 0.3) is 11.5 Å². The maximum absolute atomic E-state index is 11.7. The van der Waals surface area contributed by atoms with Gasteiger partial charge in [-0.3, -0.25) is 9.48 Å². The van der Waals surface area contributed by atoms with Crippen molar-refractivity contribution in [3.63, 3.8) is 0 Å². The summed E-state index contributed by atoms with van der Waals surface area (Å²) in [7, 11) is 0. The lowest BCUT2D eigenvalue weighted by Gasteiger charge is -2.06. The van der Waals surface area contributed by atoms with Gasteiger partial charge in [0.2, 0.25) is 0 Å². The van der Waals surface area contributed by atoms with Crippen molar-refractivity contribution in [1.29, 1.82) is 0 Å². The molecule has 5 nitrogen and oxygen atoms in total. The largest absolute Gasteiger partial charge is 0.305 e. The van der Waals surface area contributed by atoms with Gasteiger partial charge in [0.1, 0.15) is 5.69 Å². The molecule has 2 aromatic heterocycles. The van der Waals surface area contributed by atoms with E-state index in [2.05, 4.69) is 22.0 Å². The van der Waals surface area contributed by atoms with Crippen LogP contribution in [0.4, 0.5) is 0 Å². The number of rotatable bonds is 4. The van der Waals surface area contributed by atoms with Crippen molar-refractivity contribution >= 4 is 0 Å². The van der Waals surface area contributed by atoms with Crippen molar-refractivity contribution in [2.75, 3.05) is 0 Å². The van der Waals surface area contributed by atoms with Crippen LogP contribution in [0.1, 0.15) is 37.8 Å². The molecular formula is C13H16N4O. The van der Waals surface area contributed by atoms with Gasteiger partial charge >= 0.3 is 0 Å². The molecule has 0 aromatic carbocycles. The molecule has 0 amide bonds. The number of nitrogens with zero attached hydrogens (tertiary/aromatic N) is 3. The predicted octanol–water partition coefficient (Wildman–Crippen LogP) is 1.92. The fraction of sp³-hybridized carbons (Fsp3) is 0.462. The summed E-state index contributed by atoms with van der Waals surface area (Å²) < 4.78 is 1.88. The van der Waals surface area contributed by atoms with E-state index in [1.807, 2.05) is 10.7 Å². The number of H-pyrrole nitrogens is 1. The molecule has 1 N–H and O–H groups in total. The van der Waals surface area contributed by atoms with E-state index >= 15 is 0 Å². The average Bonchev–Trinajstić information content (AvgIpc) is 3.10. The van der Waals surface area contributed by atoms with Gasteiger partial charge in [-0.25, -0.2) is 4.98 Å². The molecule has 0 radical (unpaired) electrons. The zero-order valence-corrected chi connectivity index (χ0v) is 10.4. The average molecular weight is 244 g/mol. The highest BCUT2D eigenvalue weighted by Gasteiger charge is 2.26. The number of aromatic amines is 1. The lowest BCUT2D eigenvalue weighted by molar-refractivity contribution is 0.606. The Kier molecular flexibility index (Phi) is 2.74. The van der Waals surface area contributed by atoms with Crippen molar-refractivity contribution in [2.24, 2.45) is 0 Å². The highest BCUT2D eigenvalue weighted by Crippen LogP contribution is 2.38. The first-order valence-corrected chi connectivity index (χ1v) is 6.41. The third-order valence-corrected chi connectivity index (χ3v) is 3.15. The SMILES string of the molecule is CCCn1nccc1-c1nc(C2CC2)cc(=O)[nH]1. The van der Waals surface area contributed by atoms with Crippen molar-refractivity contribution in [3.05, 3.63) is 34.4 Å². The molecule has 3 rings (SSSR count). The van der Waals surface area contributed by atoms with E-state index in [0.717, 1.165) is 37.2 Å². The highest BCUT2D eigenvalue weighted by atomic mass is 16.1. The van der Waals surface area contributed by atoms with Crippen LogP contribution in [0, 0.1) is 0 Å². The second-order valence-electron chi connectivity index (χ2n) is 4.73. The summed E-state index contributed by atoms with van der Waals surface area (Å²) in [5.41, 5.74) is 1.72. The molecule has 0 bridgehead atoms. The Bertz CT molecular complexity index is 609. The first-order chi connectivity index (χ1) is 8.78. The van der Waals surface area contributed by atoms with Gasteiger partial charge in [0, 0.05) is 24.7 Å². The fourth-order valence-corrected chi connectivity index (χ4v) is 2.11. The second-order valence-corrected chi connectivity index (χ2v) is 4.73. The summed E-state index contributed by atoms with van der Waals surface area (Å²) in [6, 6.07) is 3.51. The van der Waals surface area contributed by atoms with E-state index in [-0.39, 0.29) is 5.56 Å². The molecule has 2 heterocycles. The van der Waals surface area contributed by atoms with E-state index in [1.54, 1.807) is 12.3 Å². The molecule has 0 aliphatic heterocycles. The molecule has 5 heteroatoms. The minimum atomic E-state index is -0.0776. The van der Waals surface area contributed by atoms with Gasteiger partial charge in [-0.2, -0.15) is 5.10 Å². The number of aromatic nitrogens is 4. The summed E-state index contributed by atoms with van der Waals surface area (Å²) in [6.45, 7) is 2.93. The lowest BCUT2D eigenvalue weighted by Crippen LogP contribution is -2.12. The summed E-state index contributed by atoms with van der Waals surface area (Å²) in [6.07, 6.45) is 5.03. The van der Waals surface area contributed by atoms with Gasteiger partial charge in [-0.15, -0.1) is 0 Å². The van der Waals surface area contributed by atoms with Crippen LogP contribution in [0.3, 0.4) is 0 Å². The number of hydrogen-bond donors (Lipinski definition) is 1. The molecule has 0 saturated heterocycles. The monoisotopic (exact) mass is 244 g/mol. The van der Waals surface area contributed by atoms with Crippen LogP contribution in [-0.4, -0.2) is 19.7 Å². The smallest absolute Gasteiger partial charge is 0.251 e. The molecular weight excluding hydrogens is 228 g/mol. The predicted molar refractivity (Wildman–Crippen MR) is 68.3 cm³/mol. The lowest BCUT2D eigenvalue weighted by atomic mass is 10.2. The fourth-order valence-electron chi connectivity index (χ4n) is 2.11. The van der Waals surface area contributed by atoms with Crippen molar-refractivity contribution in [1.82, 2.24) is 19.7 Å². The Morgan fingerprint density at radius 1 is 1.50 bits per heavy atom.